The van der Waals surface area contributed by atoms with Crippen LogP contribution in [0.25, 0.3) is 0 Å². The molecular weight excluding hydrogens is 266 g/mol. The number of rotatable bonds is 7. The molecule has 0 aliphatic heterocycles. The minimum absolute atomic E-state index is 0.0465. The van der Waals surface area contributed by atoms with Crippen LogP contribution in [0.3, 0.4) is 0 Å². The molecule has 126 valence electrons. The summed E-state index contributed by atoms with van der Waals surface area (Å²) in [6, 6.07) is 2.71. The summed E-state index contributed by atoms with van der Waals surface area (Å²) in [4.78, 5) is 0. The van der Waals surface area contributed by atoms with E-state index in [1.807, 2.05) is 0 Å². The fourth-order valence-corrected chi connectivity index (χ4v) is 5.04. The summed E-state index contributed by atoms with van der Waals surface area (Å²) in [5.74, 6) is 2.96. The van der Waals surface area contributed by atoms with Crippen LogP contribution < -0.4 is 0 Å². The molecule has 0 amide bonds. The van der Waals surface area contributed by atoms with Crippen molar-refractivity contribution in [3.05, 3.63) is 0 Å². The van der Waals surface area contributed by atoms with Gasteiger partial charge < -0.3 is 0 Å². The van der Waals surface area contributed by atoms with E-state index in [0.717, 1.165) is 24.2 Å². The number of unbranched alkanes of at least 4 members (excludes halogenated alkanes) is 2. The van der Waals surface area contributed by atoms with Gasteiger partial charge in [0, 0.05) is 0 Å². The molecule has 0 heterocycles. The van der Waals surface area contributed by atoms with E-state index in [1.165, 1.54) is 83.5 Å². The normalized spacial score (nSPS) is 36.0. The molecule has 2 aliphatic rings. The molecule has 2 rings (SSSR count). The Bertz CT molecular complexity index is 337. The molecule has 0 N–H and O–H groups in total. The molecule has 0 aromatic carbocycles. The summed E-state index contributed by atoms with van der Waals surface area (Å²) in [5, 5.41) is 9.63. The van der Waals surface area contributed by atoms with Crippen LogP contribution in [0.2, 0.25) is 0 Å². The van der Waals surface area contributed by atoms with Crippen LogP contribution in [0, 0.1) is 34.5 Å². The second kappa shape index (κ2) is 8.95. The number of nitriles is 1. The molecule has 0 aromatic heterocycles. The first-order valence-electron chi connectivity index (χ1n) is 10.1. The highest BCUT2D eigenvalue weighted by atomic mass is 14.4. The van der Waals surface area contributed by atoms with E-state index in [4.69, 9.17) is 0 Å². The molecule has 1 heteroatoms. The minimum Gasteiger partial charge on any atom is -0.198 e. The van der Waals surface area contributed by atoms with Gasteiger partial charge in [-0.1, -0.05) is 58.8 Å². The van der Waals surface area contributed by atoms with E-state index >= 15 is 0 Å². The van der Waals surface area contributed by atoms with Crippen LogP contribution in [-0.2, 0) is 0 Å². The lowest BCUT2D eigenvalue weighted by molar-refractivity contribution is 0.115. The Kier molecular flexibility index (Phi) is 7.26. The van der Waals surface area contributed by atoms with Gasteiger partial charge in [-0.2, -0.15) is 5.26 Å². The molecule has 2 fully saturated rings. The third-order valence-electron chi connectivity index (χ3n) is 6.76. The highest BCUT2D eigenvalue weighted by molar-refractivity contribution is 5.02. The predicted octanol–water partition coefficient (Wildman–Crippen LogP) is 6.87. The number of hydrogen-bond donors (Lipinski definition) is 0. The summed E-state index contributed by atoms with van der Waals surface area (Å²) in [6.45, 7) is 4.56. The average Bonchev–Trinajstić information content (AvgIpc) is 2.59. The highest BCUT2D eigenvalue weighted by Gasteiger charge is 2.38. The van der Waals surface area contributed by atoms with Crippen molar-refractivity contribution in [1.82, 2.24) is 0 Å². The molecule has 0 radical (unpaired) electrons. The smallest absolute Gasteiger partial charge is 0.0689 e. The highest BCUT2D eigenvalue weighted by Crippen LogP contribution is 2.47. The first-order valence-corrected chi connectivity index (χ1v) is 10.1. The Labute approximate surface area is 138 Å². The predicted molar refractivity (Wildman–Crippen MR) is 94.5 cm³/mol. The van der Waals surface area contributed by atoms with Gasteiger partial charge in [0.15, 0.2) is 0 Å². The SMILES string of the molecule is CCCCC1CCC(C2CCC(C#N)(CCCC)CC2)CC1. The van der Waals surface area contributed by atoms with Crippen LogP contribution in [-0.4, -0.2) is 0 Å². The van der Waals surface area contributed by atoms with Gasteiger partial charge in [-0.3, -0.25) is 0 Å². The second-order valence-corrected chi connectivity index (χ2v) is 8.26. The molecule has 0 saturated heterocycles. The third-order valence-corrected chi connectivity index (χ3v) is 6.76. The molecule has 1 nitrogen and oxygen atoms in total. The van der Waals surface area contributed by atoms with Crippen molar-refractivity contribution in [3.63, 3.8) is 0 Å². The zero-order valence-corrected chi connectivity index (χ0v) is 15.1. The summed E-state index contributed by atoms with van der Waals surface area (Å²) in [5.41, 5.74) is 0.0465. The molecule has 2 saturated carbocycles. The first-order chi connectivity index (χ1) is 10.7. The molecule has 0 unspecified atom stereocenters. The minimum atomic E-state index is 0.0465. The topological polar surface area (TPSA) is 23.8 Å². The maximum Gasteiger partial charge on any atom is 0.0689 e. The molecule has 0 aromatic rings. The van der Waals surface area contributed by atoms with Crippen LogP contribution >= 0.6 is 0 Å². The Morgan fingerprint density at radius 1 is 0.864 bits per heavy atom. The zero-order valence-electron chi connectivity index (χ0n) is 15.1. The van der Waals surface area contributed by atoms with Gasteiger partial charge in [-0.05, 0) is 62.7 Å². The van der Waals surface area contributed by atoms with Gasteiger partial charge >= 0.3 is 0 Å². The average molecular weight is 304 g/mol. The van der Waals surface area contributed by atoms with Crippen molar-refractivity contribution >= 4 is 0 Å². The van der Waals surface area contributed by atoms with Gasteiger partial charge in [-0.25, -0.2) is 0 Å². The van der Waals surface area contributed by atoms with E-state index in [-0.39, 0.29) is 5.41 Å². The van der Waals surface area contributed by atoms with Gasteiger partial charge in [0.2, 0.25) is 0 Å². The molecular formula is C21H37N. The second-order valence-electron chi connectivity index (χ2n) is 8.26. The van der Waals surface area contributed by atoms with Gasteiger partial charge in [0.1, 0.15) is 0 Å². The summed E-state index contributed by atoms with van der Waals surface area (Å²) in [6.07, 6.45) is 18.9. The standard InChI is InChI=1S/C21H37N/c1-3-5-7-18-8-10-19(11-9-18)20-12-15-21(17-22,16-13-20)14-6-4-2/h18-20H,3-16H2,1-2H3. The van der Waals surface area contributed by atoms with Crippen LogP contribution in [0.5, 0.6) is 0 Å². The first kappa shape index (κ1) is 17.8. The zero-order chi connectivity index (χ0) is 15.8. The molecule has 22 heavy (non-hydrogen) atoms. The summed E-state index contributed by atoms with van der Waals surface area (Å²) >= 11 is 0. The van der Waals surface area contributed by atoms with Crippen molar-refractivity contribution in [2.75, 3.05) is 0 Å². The molecule has 0 bridgehead atoms. The number of nitrogens with zero attached hydrogens (tertiary/aromatic N) is 1. The maximum absolute atomic E-state index is 9.63. The van der Waals surface area contributed by atoms with Crippen molar-refractivity contribution in [1.29, 1.82) is 5.26 Å². The maximum atomic E-state index is 9.63. The lowest BCUT2D eigenvalue weighted by Crippen LogP contribution is -2.31. The van der Waals surface area contributed by atoms with Crippen LogP contribution in [0.4, 0.5) is 0 Å². The summed E-state index contributed by atoms with van der Waals surface area (Å²) in [7, 11) is 0. The fraction of sp³-hybridized carbons (Fsp3) is 0.952. The Morgan fingerprint density at radius 3 is 2.00 bits per heavy atom. The van der Waals surface area contributed by atoms with Crippen molar-refractivity contribution < 1.29 is 0 Å². The fourth-order valence-electron chi connectivity index (χ4n) is 5.04. The van der Waals surface area contributed by atoms with E-state index in [0.29, 0.717) is 0 Å². The lowest BCUT2D eigenvalue weighted by atomic mass is 9.63. The molecule has 0 spiro atoms. The number of hydrogen-bond acceptors (Lipinski definition) is 1. The summed E-state index contributed by atoms with van der Waals surface area (Å²) < 4.78 is 0. The largest absolute Gasteiger partial charge is 0.198 e. The van der Waals surface area contributed by atoms with E-state index < -0.39 is 0 Å². The van der Waals surface area contributed by atoms with Gasteiger partial charge in [0.05, 0.1) is 11.5 Å². The Hall–Kier alpha value is -0.510. The van der Waals surface area contributed by atoms with Crippen LogP contribution in [0.15, 0.2) is 0 Å². The van der Waals surface area contributed by atoms with E-state index in [9.17, 15) is 5.26 Å². The van der Waals surface area contributed by atoms with E-state index in [2.05, 4.69) is 19.9 Å². The van der Waals surface area contributed by atoms with Crippen molar-refractivity contribution in [3.8, 4) is 6.07 Å². The Balaban J connectivity index is 1.74. The van der Waals surface area contributed by atoms with Crippen molar-refractivity contribution in [2.24, 2.45) is 23.2 Å². The molecule has 0 atom stereocenters. The third kappa shape index (κ3) is 4.74. The van der Waals surface area contributed by atoms with Crippen LogP contribution in [0.1, 0.15) is 104 Å². The molecule has 2 aliphatic carbocycles. The Morgan fingerprint density at radius 2 is 1.45 bits per heavy atom. The lowest BCUT2D eigenvalue weighted by Gasteiger charge is -2.40. The quantitative estimate of drug-likeness (QED) is 0.503. The van der Waals surface area contributed by atoms with Gasteiger partial charge in [0.25, 0.3) is 0 Å². The monoisotopic (exact) mass is 303 g/mol. The van der Waals surface area contributed by atoms with E-state index in [1.54, 1.807) is 0 Å². The van der Waals surface area contributed by atoms with Gasteiger partial charge in [-0.15, -0.1) is 0 Å². The van der Waals surface area contributed by atoms with Crippen molar-refractivity contribution in [2.45, 2.75) is 104 Å².